The number of anilines is 1. The maximum atomic E-state index is 6.15. The lowest BCUT2D eigenvalue weighted by atomic mass is 10.1. The third kappa shape index (κ3) is 5.52. The van der Waals surface area contributed by atoms with Gasteiger partial charge in [0.15, 0.2) is 0 Å². The van der Waals surface area contributed by atoms with E-state index in [-0.39, 0.29) is 0 Å². The molecule has 0 atom stereocenters. The van der Waals surface area contributed by atoms with Crippen molar-refractivity contribution >= 4 is 5.82 Å². The Morgan fingerprint density at radius 1 is 1.10 bits per heavy atom. The number of rotatable bonds is 7. The molecule has 0 amide bonds. The van der Waals surface area contributed by atoms with Gasteiger partial charge in [0.05, 0.1) is 0 Å². The number of nitrogens with one attached hydrogen (secondary N) is 1. The summed E-state index contributed by atoms with van der Waals surface area (Å²) in [6.45, 7) is 5.25. The molecule has 0 unspecified atom stereocenters. The van der Waals surface area contributed by atoms with Gasteiger partial charge in [0.25, 0.3) is 0 Å². The molecule has 1 aromatic heterocycles. The molecule has 1 aliphatic rings. The quantitative estimate of drug-likeness (QED) is 0.759. The van der Waals surface area contributed by atoms with Crippen molar-refractivity contribution in [2.24, 2.45) is 0 Å². The number of aryl methyl sites for hydroxylation is 1. The summed E-state index contributed by atoms with van der Waals surface area (Å²) in [4.78, 5) is 9.15. The Morgan fingerprint density at radius 2 is 1.86 bits per heavy atom. The van der Waals surface area contributed by atoms with Crippen molar-refractivity contribution in [3.63, 3.8) is 0 Å². The molecule has 1 aromatic rings. The Hall–Kier alpha value is -1.32. The molecule has 1 aliphatic carbocycles. The van der Waals surface area contributed by atoms with Gasteiger partial charge < -0.3 is 10.1 Å². The summed E-state index contributed by atoms with van der Waals surface area (Å²) >= 11 is 0. The van der Waals surface area contributed by atoms with Crippen LogP contribution in [-0.4, -0.2) is 22.6 Å². The number of aromatic nitrogens is 2. The normalized spacial score (nSPS) is 16.5. The minimum absolute atomic E-state index is 0.330. The zero-order chi connectivity index (χ0) is 14.9. The minimum Gasteiger partial charge on any atom is -0.474 e. The molecule has 1 heterocycles. The average Bonchev–Trinajstić information content (AvgIpc) is 2.74. The molecule has 1 N–H and O–H groups in total. The second kappa shape index (κ2) is 8.85. The van der Waals surface area contributed by atoms with E-state index in [1.165, 1.54) is 25.7 Å². The lowest BCUT2D eigenvalue weighted by molar-refractivity contribution is 0.175. The fourth-order valence-electron chi connectivity index (χ4n) is 2.74. The summed E-state index contributed by atoms with van der Waals surface area (Å²) < 4.78 is 6.15. The third-order valence-electron chi connectivity index (χ3n) is 3.87. The van der Waals surface area contributed by atoms with Gasteiger partial charge in [0.1, 0.15) is 17.7 Å². The Kier molecular flexibility index (Phi) is 6.77. The van der Waals surface area contributed by atoms with Gasteiger partial charge in [-0.1, -0.05) is 26.7 Å². The topological polar surface area (TPSA) is 47.0 Å². The Balaban J connectivity index is 2.06. The van der Waals surface area contributed by atoms with E-state index in [2.05, 4.69) is 29.1 Å². The van der Waals surface area contributed by atoms with Gasteiger partial charge in [0, 0.05) is 19.0 Å². The third-order valence-corrected chi connectivity index (χ3v) is 3.87. The van der Waals surface area contributed by atoms with Crippen LogP contribution in [0.1, 0.15) is 71.0 Å². The van der Waals surface area contributed by atoms with E-state index in [4.69, 9.17) is 4.74 Å². The van der Waals surface area contributed by atoms with E-state index >= 15 is 0 Å². The molecule has 21 heavy (non-hydrogen) atoms. The molecule has 0 saturated heterocycles. The van der Waals surface area contributed by atoms with Crippen molar-refractivity contribution in [1.82, 2.24) is 9.97 Å². The molecule has 118 valence electrons. The predicted molar refractivity (Wildman–Crippen MR) is 86.9 cm³/mol. The van der Waals surface area contributed by atoms with Crippen LogP contribution in [0.2, 0.25) is 0 Å². The molecule has 4 heteroatoms. The van der Waals surface area contributed by atoms with Crippen LogP contribution in [0.4, 0.5) is 5.82 Å². The van der Waals surface area contributed by atoms with Crippen LogP contribution in [0, 0.1) is 0 Å². The second-order valence-electron chi connectivity index (χ2n) is 5.92. The van der Waals surface area contributed by atoms with Gasteiger partial charge in [-0.2, -0.15) is 4.98 Å². The molecular weight excluding hydrogens is 262 g/mol. The van der Waals surface area contributed by atoms with E-state index < -0.39 is 0 Å². The zero-order valence-corrected chi connectivity index (χ0v) is 13.5. The van der Waals surface area contributed by atoms with E-state index in [1.54, 1.807) is 0 Å². The van der Waals surface area contributed by atoms with E-state index in [1.807, 2.05) is 6.07 Å². The smallest absolute Gasteiger partial charge is 0.218 e. The molecule has 4 nitrogen and oxygen atoms in total. The molecule has 0 aromatic carbocycles. The van der Waals surface area contributed by atoms with E-state index in [0.29, 0.717) is 6.10 Å². The van der Waals surface area contributed by atoms with Crippen molar-refractivity contribution in [2.75, 3.05) is 11.9 Å². The van der Waals surface area contributed by atoms with Gasteiger partial charge in [-0.3, -0.25) is 0 Å². The highest BCUT2D eigenvalue weighted by Gasteiger charge is 2.15. The minimum atomic E-state index is 0.330. The standard InChI is InChI=1S/C17H29N3O/c1-3-9-15-19-16(18-12-4-2)13-17(20-15)21-14-10-7-5-6-8-11-14/h13-14H,3-12H2,1-2H3,(H,18,19,20). The Labute approximate surface area is 128 Å². The average molecular weight is 291 g/mol. The maximum absolute atomic E-state index is 6.15. The molecule has 1 saturated carbocycles. The fourth-order valence-corrected chi connectivity index (χ4v) is 2.74. The van der Waals surface area contributed by atoms with Gasteiger partial charge >= 0.3 is 0 Å². The molecule has 0 radical (unpaired) electrons. The lowest BCUT2D eigenvalue weighted by Gasteiger charge is -2.17. The highest BCUT2D eigenvalue weighted by molar-refractivity contribution is 5.38. The number of hydrogen-bond acceptors (Lipinski definition) is 4. The molecule has 0 aliphatic heterocycles. The van der Waals surface area contributed by atoms with Crippen LogP contribution in [0.15, 0.2) is 6.07 Å². The molecule has 0 spiro atoms. The molecular formula is C17H29N3O. The predicted octanol–water partition coefficient (Wildman–Crippen LogP) is 4.35. The molecule has 1 fully saturated rings. The monoisotopic (exact) mass is 291 g/mol. The number of ether oxygens (including phenoxy) is 1. The largest absolute Gasteiger partial charge is 0.474 e. The Bertz CT molecular complexity index is 414. The summed E-state index contributed by atoms with van der Waals surface area (Å²) in [5.74, 6) is 2.54. The van der Waals surface area contributed by atoms with E-state index in [9.17, 15) is 0 Å². The van der Waals surface area contributed by atoms with Gasteiger partial charge in [-0.05, 0) is 38.5 Å². The summed E-state index contributed by atoms with van der Waals surface area (Å²) in [5.41, 5.74) is 0. The zero-order valence-electron chi connectivity index (χ0n) is 13.5. The second-order valence-corrected chi connectivity index (χ2v) is 5.92. The van der Waals surface area contributed by atoms with Crippen molar-refractivity contribution in [3.05, 3.63) is 11.9 Å². The number of hydrogen-bond donors (Lipinski definition) is 1. The van der Waals surface area contributed by atoms with Crippen LogP contribution in [0.25, 0.3) is 0 Å². The van der Waals surface area contributed by atoms with Crippen LogP contribution in [0.3, 0.4) is 0 Å². The lowest BCUT2D eigenvalue weighted by Crippen LogP contribution is -2.17. The van der Waals surface area contributed by atoms with Gasteiger partial charge in [-0.25, -0.2) is 4.98 Å². The van der Waals surface area contributed by atoms with Crippen molar-refractivity contribution < 1.29 is 4.74 Å². The summed E-state index contributed by atoms with van der Waals surface area (Å²) in [6.07, 6.45) is 10.9. The van der Waals surface area contributed by atoms with Crippen molar-refractivity contribution in [3.8, 4) is 5.88 Å². The highest BCUT2D eigenvalue weighted by Crippen LogP contribution is 2.23. The van der Waals surface area contributed by atoms with Crippen LogP contribution >= 0.6 is 0 Å². The van der Waals surface area contributed by atoms with Crippen LogP contribution in [-0.2, 0) is 6.42 Å². The summed E-state index contributed by atoms with van der Waals surface area (Å²) in [5, 5.41) is 3.35. The fraction of sp³-hybridized carbons (Fsp3) is 0.765. The molecule has 2 rings (SSSR count). The molecule has 0 bridgehead atoms. The van der Waals surface area contributed by atoms with Gasteiger partial charge in [-0.15, -0.1) is 0 Å². The number of nitrogens with zero attached hydrogens (tertiary/aromatic N) is 2. The first-order valence-corrected chi connectivity index (χ1v) is 8.60. The van der Waals surface area contributed by atoms with Gasteiger partial charge in [0.2, 0.25) is 5.88 Å². The highest BCUT2D eigenvalue weighted by atomic mass is 16.5. The van der Waals surface area contributed by atoms with Crippen molar-refractivity contribution in [1.29, 1.82) is 0 Å². The summed E-state index contributed by atoms with van der Waals surface area (Å²) in [6, 6.07) is 1.96. The Morgan fingerprint density at radius 3 is 2.52 bits per heavy atom. The summed E-state index contributed by atoms with van der Waals surface area (Å²) in [7, 11) is 0. The first-order valence-electron chi connectivity index (χ1n) is 8.60. The first-order chi connectivity index (χ1) is 10.3. The van der Waals surface area contributed by atoms with E-state index in [0.717, 1.165) is 56.2 Å². The maximum Gasteiger partial charge on any atom is 0.218 e. The van der Waals surface area contributed by atoms with Crippen LogP contribution in [0.5, 0.6) is 5.88 Å². The first kappa shape index (κ1) is 16.1. The SMILES string of the molecule is CCCNc1cc(OC2CCCCCC2)nc(CCC)n1. The van der Waals surface area contributed by atoms with Crippen molar-refractivity contribution in [2.45, 2.75) is 77.7 Å². The van der Waals surface area contributed by atoms with Crippen LogP contribution < -0.4 is 10.1 Å².